The molecule has 0 spiro atoms. The van der Waals surface area contributed by atoms with Gasteiger partial charge in [0.2, 0.25) is 0 Å². The summed E-state index contributed by atoms with van der Waals surface area (Å²) < 4.78 is 0. The molecule has 2 rings (SSSR count). The van der Waals surface area contributed by atoms with Crippen LogP contribution in [0.2, 0.25) is 0 Å². The van der Waals surface area contributed by atoms with Gasteiger partial charge in [0.1, 0.15) is 0 Å². The maximum absolute atomic E-state index is 8.40. The fraction of sp³-hybridized carbons (Fsp3) is 0.474. The van der Waals surface area contributed by atoms with E-state index in [2.05, 4.69) is 49.3 Å². The van der Waals surface area contributed by atoms with Crippen molar-refractivity contribution in [2.75, 3.05) is 27.2 Å². The number of aliphatic hydroxyl groups excluding tert-OH is 1. The first kappa shape index (κ1) is 28.7. The molecule has 1 aliphatic rings. The second kappa shape index (κ2) is 14.1. The summed E-state index contributed by atoms with van der Waals surface area (Å²) in [5, 5.41) is 8.40. The largest absolute Gasteiger partial charge is 0.396 e. The summed E-state index contributed by atoms with van der Waals surface area (Å²) in [5.41, 5.74) is 4.11. The van der Waals surface area contributed by atoms with Gasteiger partial charge in [-0.1, -0.05) is 32.9 Å². The van der Waals surface area contributed by atoms with Crippen molar-refractivity contribution in [3.05, 3.63) is 53.6 Å². The molecular formula is C19H30Cl2NOTi-. The van der Waals surface area contributed by atoms with Crippen molar-refractivity contribution < 1.29 is 26.8 Å². The zero-order valence-corrected chi connectivity index (χ0v) is 18.5. The quantitative estimate of drug-likeness (QED) is 0.584. The number of benzene rings is 1. The van der Waals surface area contributed by atoms with Gasteiger partial charge in [0.25, 0.3) is 0 Å². The first-order chi connectivity index (χ1) is 9.81. The minimum atomic E-state index is 0. The first-order valence-corrected chi connectivity index (χ1v) is 7.44. The molecule has 24 heavy (non-hydrogen) atoms. The van der Waals surface area contributed by atoms with Crippen LogP contribution >= 0.6 is 24.8 Å². The molecule has 0 saturated heterocycles. The third-order valence-corrected chi connectivity index (χ3v) is 2.97. The van der Waals surface area contributed by atoms with E-state index in [1.807, 2.05) is 32.9 Å². The van der Waals surface area contributed by atoms with Crippen molar-refractivity contribution in [2.45, 2.75) is 27.2 Å². The summed E-state index contributed by atoms with van der Waals surface area (Å²) in [7, 11) is 4.20. The molecule has 0 heterocycles. The van der Waals surface area contributed by atoms with Crippen LogP contribution in [0.25, 0.3) is 5.57 Å². The number of hydrogen-bond acceptors (Lipinski definition) is 2. The Kier molecular flexibility index (Phi) is 16.9. The summed E-state index contributed by atoms with van der Waals surface area (Å²) in [6.45, 7) is 7.27. The molecule has 1 aliphatic carbocycles. The number of allylic oxidation sites excluding steroid dienone is 2. The van der Waals surface area contributed by atoms with E-state index in [9.17, 15) is 0 Å². The van der Waals surface area contributed by atoms with Crippen LogP contribution in [0.1, 0.15) is 32.8 Å². The molecule has 0 aliphatic heterocycles. The molecule has 0 aromatic heterocycles. The van der Waals surface area contributed by atoms with Gasteiger partial charge < -0.3 is 10.0 Å². The maximum atomic E-state index is 8.40. The van der Waals surface area contributed by atoms with Crippen molar-refractivity contribution >= 4 is 30.4 Å². The zero-order valence-electron chi connectivity index (χ0n) is 15.3. The minimum absolute atomic E-state index is 0. The Bertz CT molecular complexity index is 494. The van der Waals surface area contributed by atoms with Gasteiger partial charge >= 0.3 is 0 Å². The number of hydrogen-bond donors (Lipinski definition) is 1. The van der Waals surface area contributed by atoms with Gasteiger partial charge in [-0.05, 0) is 31.5 Å². The molecule has 0 saturated carbocycles. The van der Waals surface area contributed by atoms with Gasteiger partial charge in [-0.3, -0.25) is 0 Å². The molecule has 1 aromatic carbocycles. The van der Waals surface area contributed by atoms with Crippen LogP contribution in [0.15, 0.2) is 42.0 Å². The van der Waals surface area contributed by atoms with Crippen molar-refractivity contribution in [2.24, 2.45) is 5.41 Å². The van der Waals surface area contributed by atoms with E-state index in [-0.39, 0.29) is 58.6 Å². The van der Waals surface area contributed by atoms with Gasteiger partial charge in [0.15, 0.2) is 0 Å². The van der Waals surface area contributed by atoms with Crippen molar-refractivity contribution in [3.63, 3.8) is 0 Å². The Morgan fingerprint density at radius 2 is 1.75 bits per heavy atom. The predicted molar refractivity (Wildman–Crippen MR) is 106 cm³/mol. The van der Waals surface area contributed by atoms with Gasteiger partial charge in [-0.15, -0.1) is 66.3 Å². The van der Waals surface area contributed by atoms with E-state index in [4.69, 9.17) is 5.11 Å². The number of halogens is 2. The second-order valence-corrected chi connectivity index (χ2v) is 6.89. The molecule has 2 nitrogen and oxygen atoms in total. The standard InChI is InChI=1S/C14H16N.C5H12O.2ClH.Ti/c1-15(2)11-12-8-9-14(10-12)13-6-4-3-5-7-13;1-5(2,3)4-6;;;/h3-6,8,10H,9,11H2,1-2H3;6H,4H2,1-3H3;2*1H;/q-1;;;;. The summed E-state index contributed by atoms with van der Waals surface area (Å²) in [5.74, 6) is 0. The molecule has 5 heteroatoms. The number of nitrogens with zero attached hydrogens (tertiary/aromatic N) is 1. The maximum Gasteiger partial charge on any atom is 0.0479 e. The van der Waals surface area contributed by atoms with Crippen LogP contribution in [0, 0.1) is 11.5 Å². The number of likely N-dealkylation sites (N-methyl/N-ethyl adjacent to an activating group) is 1. The van der Waals surface area contributed by atoms with Crippen molar-refractivity contribution in [1.82, 2.24) is 4.90 Å². The fourth-order valence-corrected chi connectivity index (χ4v) is 1.84. The molecule has 136 valence electrons. The van der Waals surface area contributed by atoms with E-state index in [1.54, 1.807) is 0 Å². The molecule has 0 amide bonds. The summed E-state index contributed by atoms with van der Waals surface area (Å²) in [4.78, 5) is 2.19. The van der Waals surface area contributed by atoms with Crippen LogP contribution in [-0.2, 0) is 21.7 Å². The van der Waals surface area contributed by atoms with Gasteiger partial charge in [-0.2, -0.15) is 0 Å². The van der Waals surface area contributed by atoms with E-state index >= 15 is 0 Å². The van der Waals surface area contributed by atoms with E-state index in [0.29, 0.717) is 0 Å². The Hall–Kier alpha value is -0.0857. The fourth-order valence-electron chi connectivity index (χ4n) is 1.84. The van der Waals surface area contributed by atoms with Crippen LogP contribution in [0.3, 0.4) is 0 Å². The monoisotopic (exact) mass is 406 g/mol. The third kappa shape index (κ3) is 12.3. The average Bonchev–Trinajstić information content (AvgIpc) is 2.87. The second-order valence-electron chi connectivity index (χ2n) is 6.89. The Balaban J connectivity index is -0.000000432. The Labute approximate surface area is 175 Å². The predicted octanol–water partition coefficient (Wildman–Crippen LogP) is 4.63. The molecule has 0 atom stereocenters. The van der Waals surface area contributed by atoms with Crippen molar-refractivity contribution in [3.8, 4) is 0 Å². The van der Waals surface area contributed by atoms with Gasteiger partial charge in [0.05, 0.1) is 0 Å². The van der Waals surface area contributed by atoms with Crippen LogP contribution in [0.5, 0.6) is 0 Å². The third-order valence-electron chi connectivity index (χ3n) is 2.97. The normalized spacial score (nSPS) is 12.6. The SMILES string of the molecule is CC(C)(C)CO.CN(C)CC1=CCC(c2[c-]cccc2)=C1.Cl.Cl.[Ti]. The van der Waals surface area contributed by atoms with Crippen LogP contribution in [-0.4, -0.2) is 37.3 Å². The summed E-state index contributed by atoms with van der Waals surface area (Å²) in [6.07, 6.45) is 5.63. The van der Waals surface area contributed by atoms with Crippen LogP contribution in [0.4, 0.5) is 0 Å². The minimum Gasteiger partial charge on any atom is -0.396 e. The molecule has 0 bridgehead atoms. The zero-order chi connectivity index (χ0) is 15.9. The van der Waals surface area contributed by atoms with E-state index < -0.39 is 0 Å². The molecule has 1 N–H and O–H groups in total. The number of rotatable bonds is 3. The van der Waals surface area contributed by atoms with Crippen molar-refractivity contribution in [1.29, 1.82) is 0 Å². The summed E-state index contributed by atoms with van der Waals surface area (Å²) >= 11 is 0. The molecule has 0 unspecified atom stereocenters. The molecule has 0 fully saturated rings. The number of aliphatic hydroxyl groups is 1. The molecule has 0 radical (unpaired) electrons. The first-order valence-electron chi connectivity index (χ1n) is 7.44. The average molecular weight is 407 g/mol. The topological polar surface area (TPSA) is 23.5 Å². The Morgan fingerprint density at radius 3 is 2.17 bits per heavy atom. The molecular weight excluding hydrogens is 377 g/mol. The molecule has 1 aromatic rings. The smallest absolute Gasteiger partial charge is 0.0479 e. The van der Waals surface area contributed by atoms with Gasteiger partial charge in [-0.25, -0.2) is 0 Å². The van der Waals surface area contributed by atoms with E-state index in [0.717, 1.165) is 13.0 Å². The van der Waals surface area contributed by atoms with E-state index in [1.165, 1.54) is 16.7 Å². The Morgan fingerprint density at radius 1 is 1.17 bits per heavy atom. The van der Waals surface area contributed by atoms with Crippen LogP contribution < -0.4 is 0 Å². The summed E-state index contributed by atoms with van der Waals surface area (Å²) in [6, 6.07) is 11.4. The van der Waals surface area contributed by atoms with Gasteiger partial charge in [0, 0.05) is 34.9 Å².